The van der Waals surface area contributed by atoms with Gasteiger partial charge in [-0.1, -0.05) is 12.1 Å². The third kappa shape index (κ3) is 5.16. The van der Waals surface area contributed by atoms with E-state index in [1.54, 1.807) is 13.3 Å². The number of ether oxygens (including phenoxy) is 1. The molecule has 0 aliphatic rings. The summed E-state index contributed by atoms with van der Waals surface area (Å²) in [6.45, 7) is 0.890. The first-order chi connectivity index (χ1) is 9.28. The van der Waals surface area contributed by atoms with Crippen LogP contribution in [0.2, 0.25) is 0 Å². The molecular weight excluding hydrogens is 298 g/mol. The molecule has 108 valence electrons. The molecule has 0 unspecified atom stereocenters. The van der Waals surface area contributed by atoms with Crippen molar-refractivity contribution in [3.63, 3.8) is 0 Å². The second kappa shape index (κ2) is 8.52. The molecule has 20 heavy (non-hydrogen) atoms. The fourth-order valence-electron chi connectivity index (χ4n) is 1.51. The maximum atomic E-state index is 11.6. The zero-order chi connectivity index (χ0) is 13.5. The molecule has 0 radical (unpaired) electrons. The summed E-state index contributed by atoms with van der Waals surface area (Å²) in [4.78, 5) is 15.6. The highest BCUT2D eigenvalue weighted by Gasteiger charge is 2.03. The van der Waals surface area contributed by atoms with Gasteiger partial charge in [0.25, 0.3) is 0 Å². The van der Waals surface area contributed by atoms with Gasteiger partial charge < -0.3 is 15.4 Å². The Kier molecular flexibility index (Phi) is 7.00. The monoisotopic (exact) mass is 313 g/mol. The highest BCUT2D eigenvalue weighted by atomic mass is 35.5. The van der Waals surface area contributed by atoms with E-state index in [0.717, 1.165) is 11.3 Å². The molecule has 1 amide bonds. The minimum atomic E-state index is -0.0940. The first-order valence-corrected chi connectivity index (χ1v) is 6.69. The van der Waals surface area contributed by atoms with Crippen LogP contribution in [-0.2, 0) is 11.3 Å². The molecule has 2 aromatic rings. The fourth-order valence-corrected chi connectivity index (χ4v) is 2.06. The third-order valence-electron chi connectivity index (χ3n) is 2.45. The van der Waals surface area contributed by atoms with Crippen molar-refractivity contribution in [2.75, 3.05) is 19.0 Å². The van der Waals surface area contributed by atoms with Crippen LogP contribution in [0.4, 0.5) is 5.13 Å². The minimum absolute atomic E-state index is 0. The predicted octanol–water partition coefficient (Wildman–Crippen LogP) is 2.30. The van der Waals surface area contributed by atoms with E-state index in [-0.39, 0.29) is 24.9 Å². The number of rotatable bonds is 6. The summed E-state index contributed by atoms with van der Waals surface area (Å²) in [7, 11) is 1.64. The van der Waals surface area contributed by atoms with Gasteiger partial charge in [0.1, 0.15) is 5.75 Å². The topological polar surface area (TPSA) is 63.2 Å². The number of thiazole rings is 1. The number of aromatic nitrogens is 1. The lowest BCUT2D eigenvalue weighted by Crippen LogP contribution is -2.27. The second-order valence-electron chi connectivity index (χ2n) is 3.84. The van der Waals surface area contributed by atoms with Gasteiger partial charge in [0.2, 0.25) is 5.91 Å². The Labute approximate surface area is 127 Å². The van der Waals surface area contributed by atoms with E-state index in [9.17, 15) is 4.79 Å². The number of nitrogens with one attached hydrogen (secondary N) is 2. The first-order valence-electron chi connectivity index (χ1n) is 5.81. The number of hydrogen-bond acceptors (Lipinski definition) is 5. The molecule has 0 atom stereocenters. The van der Waals surface area contributed by atoms with Crippen molar-refractivity contribution in [3.05, 3.63) is 41.4 Å². The van der Waals surface area contributed by atoms with Crippen LogP contribution in [0.3, 0.4) is 0 Å². The minimum Gasteiger partial charge on any atom is -0.497 e. The van der Waals surface area contributed by atoms with Crippen LogP contribution in [0, 0.1) is 0 Å². The molecular formula is C13H16ClN3O2S. The lowest BCUT2D eigenvalue weighted by Gasteiger charge is -2.05. The SMILES string of the molecule is COc1ccc(CNCC(=O)Nc2nccs2)cc1.Cl. The third-order valence-corrected chi connectivity index (χ3v) is 3.14. The molecule has 2 N–H and O–H groups in total. The van der Waals surface area contributed by atoms with E-state index >= 15 is 0 Å². The highest BCUT2D eigenvalue weighted by molar-refractivity contribution is 7.13. The molecule has 1 aromatic carbocycles. The van der Waals surface area contributed by atoms with Crippen molar-refractivity contribution in [2.45, 2.75) is 6.54 Å². The average molecular weight is 314 g/mol. The Morgan fingerprint density at radius 1 is 1.35 bits per heavy atom. The number of nitrogens with zero attached hydrogens (tertiary/aromatic N) is 1. The van der Waals surface area contributed by atoms with Crippen molar-refractivity contribution in [1.82, 2.24) is 10.3 Å². The fraction of sp³-hybridized carbons (Fsp3) is 0.231. The number of carbonyl (C=O) groups is 1. The molecule has 0 saturated carbocycles. The lowest BCUT2D eigenvalue weighted by molar-refractivity contribution is -0.115. The molecule has 0 fully saturated rings. The maximum Gasteiger partial charge on any atom is 0.240 e. The predicted molar refractivity (Wildman–Crippen MR) is 82.7 cm³/mol. The number of methoxy groups -OCH3 is 1. The summed E-state index contributed by atoms with van der Waals surface area (Å²) in [6.07, 6.45) is 1.66. The zero-order valence-electron chi connectivity index (χ0n) is 11.0. The summed E-state index contributed by atoms with van der Waals surface area (Å²) < 4.78 is 5.08. The van der Waals surface area contributed by atoms with Gasteiger partial charge in [-0.15, -0.1) is 23.7 Å². The summed E-state index contributed by atoms with van der Waals surface area (Å²) >= 11 is 1.40. The standard InChI is InChI=1S/C13H15N3O2S.ClH/c1-18-11-4-2-10(3-5-11)8-14-9-12(17)16-13-15-6-7-19-13;/h2-7,14H,8-9H2,1H3,(H,15,16,17);1H. The zero-order valence-corrected chi connectivity index (χ0v) is 12.6. The molecule has 1 aromatic heterocycles. The van der Waals surface area contributed by atoms with Crippen molar-refractivity contribution >= 4 is 34.8 Å². The van der Waals surface area contributed by atoms with Crippen LogP contribution in [-0.4, -0.2) is 24.5 Å². The number of amides is 1. The Morgan fingerprint density at radius 2 is 2.10 bits per heavy atom. The highest BCUT2D eigenvalue weighted by Crippen LogP contribution is 2.11. The van der Waals surface area contributed by atoms with E-state index in [1.165, 1.54) is 11.3 Å². The van der Waals surface area contributed by atoms with E-state index in [1.807, 2.05) is 29.6 Å². The lowest BCUT2D eigenvalue weighted by atomic mass is 10.2. The summed E-state index contributed by atoms with van der Waals surface area (Å²) in [6, 6.07) is 7.72. The van der Waals surface area contributed by atoms with Crippen molar-refractivity contribution in [2.24, 2.45) is 0 Å². The van der Waals surface area contributed by atoms with Gasteiger partial charge in [-0.25, -0.2) is 4.98 Å². The van der Waals surface area contributed by atoms with Crippen LogP contribution < -0.4 is 15.4 Å². The van der Waals surface area contributed by atoms with Gasteiger partial charge in [-0.05, 0) is 17.7 Å². The Bertz CT molecular complexity index is 517. The van der Waals surface area contributed by atoms with Gasteiger partial charge in [0.15, 0.2) is 5.13 Å². The molecule has 7 heteroatoms. The quantitative estimate of drug-likeness (QED) is 0.859. The van der Waals surface area contributed by atoms with E-state index < -0.39 is 0 Å². The first kappa shape index (κ1) is 16.4. The van der Waals surface area contributed by atoms with E-state index in [4.69, 9.17) is 4.74 Å². The van der Waals surface area contributed by atoms with Crippen LogP contribution in [0.25, 0.3) is 0 Å². The van der Waals surface area contributed by atoms with E-state index in [2.05, 4.69) is 15.6 Å². The van der Waals surface area contributed by atoms with Gasteiger partial charge in [0, 0.05) is 18.1 Å². The summed E-state index contributed by atoms with van der Waals surface area (Å²) in [5.74, 6) is 0.730. The Hall–Kier alpha value is -1.63. The number of benzene rings is 1. The normalized spacial score (nSPS) is 9.65. The van der Waals surface area contributed by atoms with Crippen LogP contribution in [0.15, 0.2) is 35.8 Å². The molecule has 0 aliphatic heterocycles. The molecule has 2 rings (SSSR count). The van der Waals surface area contributed by atoms with Crippen molar-refractivity contribution in [1.29, 1.82) is 0 Å². The van der Waals surface area contributed by atoms with Crippen molar-refractivity contribution in [3.8, 4) is 5.75 Å². The van der Waals surface area contributed by atoms with Crippen LogP contribution >= 0.6 is 23.7 Å². The number of carbonyl (C=O) groups excluding carboxylic acids is 1. The van der Waals surface area contributed by atoms with Crippen LogP contribution in [0.5, 0.6) is 5.75 Å². The van der Waals surface area contributed by atoms with Gasteiger partial charge >= 0.3 is 0 Å². The molecule has 0 spiro atoms. The van der Waals surface area contributed by atoms with Gasteiger partial charge in [-0.3, -0.25) is 4.79 Å². The number of anilines is 1. The average Bonchev–Trinajstić information content (AvgIpc) is 2.92. The Morgan fingerprint density at radius 3 is 2.70 bits per heavy atom. The van der Waals surface area contributed by atoms with E-state index in [0.29, 0.717) is 11.7 Å². The summed E-state index contributed by atoms with van der Waals surface area (Å²) in [5.41, 5.74) is 1.10. The van der Waals surface area contributed by atoms with Gasteiger partial charge in [0.05, 0.1) is 13.7 Å². The summed E-state index contributed by atoms with van der Waals surface area (Å²) in [5, 5.41) is 8.23. The largest absolute Gasteiger partial charge is 0.497 e. The smallest absolute Gasteiger partial charge is 0.240 e. The van der Waals surface area contributed by atoms with Crippen molar-refractivity contribution < 1.29 is 9.53 Å². The van der Waals surface area contributed by atoms with Gasteiger partial charge in [-0.2, -0.15) is 0 Å². The second-order valence-corrected chi connectivity index (χ2v) is 4.73. The molecule has 0 bridgehead atoms. The molecule has 0 aliphatic carbocycles. The Balaban J connectivity index is 0.00000200. The number of hydrogen-bond donors (Lipinski definition) is 2. The van der Waals surface area contributed by atoms with Crippen LogP contribution in [0.1, 0.15) is 5.56 Å². The molecule has 1 heterocycles. The molecule has 5 nitrogen and oxygen atoms in total. The molecule has 0 saturated heterocycles. The maximum absolute atomic E-state index is 11.6. The number of halogens is 1.